The minimum atomic E-state index is 0.226. The third-order valence-corrected chi connectivity index (χ3v) is 3.05. The predicted octanol–water partition coefficient (Wildman–Crippen LogP) is 4.43. The molecule has 90 valence electrons. The first-order valence-corrected chi connectivity index (χ1v) is 6.57. The van der Waals surface area contributed by atoms with Crippen LogP contribution >= 0.6 is 0 Å². The molecule has 0 bridgehead atoms. The lowest BCUT2D eigenvalue weighted by atomic mass is 9.84. The van der Waals surface area contributed by atoms with Crippen LogP contribution in [0, 0.1) is 34.5 Å². The van der Waals surface area contributed by atoms with Crippen molar-refractivity contribution in [2.45, 2.75) is 65.2 Å². The average Bonchev–Trinajstić information content (AvgIpc) is 2.37. The molecule has 0 saturated heterocycles. The lowest BCUT2D eigenvalue weighted by molar-refractivity contribution is 0.368. The lowest BCUT2D eigenvalue weighted by Gasteiger charge is -2.18. The quantitative estimate of drug-likeness (QED) is 0.661. The number of hydrogen-bond donors (Lipinski definition) is 0. The second-order valence-corrected chi connectivity index (χ2v) is 4.51. The maximum absolute atomic E-state index is 8.52. The number of hydrogen-bond acceptors (Lipinski definition) is 2. The highest BCUT2D eigenvalue weighted by Crippen LogP contribution is 2.27. The Morgan fingerprint density at radius 2 is 1.12 bits per heavy atom. The Morgan fingerprint density at radius 3 is 1.31 bits per heavy atom. The van der Waals surface area contributed by atoms with Gasteiger partial charge in [-0.2, -0.15) is 10.5 Å². The largest absolute Gasteiger partial charge is 0.198 e. The second-order valence-electron chi connectivity index (χ2n) is 4.51. The monoisotopic (exact) mass is 220 g/mol. The van der Waals surface area contributed by atoms with Crippen molar-refractivity contribution in [1.82, 2.24) is 0 Å². The Kier molecular flexibility index (Phi) is 9.83. The fourth-order valence-electron chi connectivity index (χ4n) is 1.85. The standard InChI is InChI=1S/C8H10N2.C6H14/c9-5-7-1-2-8(6-10)4-3-7;1-3-5-6-4-2/h7-8H,1-4H2;3-6H2,1-2H3. The van der Waals surface area contributed by atoms with E-state index < -0.39 is 0 Å². The van der Waals surface area contributed by atoms with Crippen LogP contribution in [0.5, 0.6) is 0 Å². The van der Waals surface area contributed by atoms with E-state index in [4.69, 9.17) is 10.5 Å². The summed E-state index contributed by atoms with van der Waals surface area (Å²) in [6.07, 6.45) is 9.24. The van der Waals surface area contributed by atoms with Crippen LogP contribution in [0.3, 0.4) is 0 Å². The van der Waals surface area contributed by atoms with Crippen LogP contribution in [0.2, 0.25) is 0 Å². The first kappa shape index (κ1) is 15.0. The molecule has 0 amide bonds. The summed E-state index contributed by atoms with van der Waals surface area (Å²) in [5.41, 5.74) is 0. The highest BCUT2D eigenvalue weighted by Gasteiger charge is 2.19. The molecule has 0 radical (unpaired) electrons. The summed E-state index contributed by atoms with van der Waals surface area (Å²) in [5.74, 6) is 0.453. The molecule has 1 aliphatic rings. The third kappa shape index (κ3) is 7.30. The third-order valence-electron chi connectivity index (χ3n) is 3.05. The minimum Gasteiger partial charge on any atom is -0.198 e. The van der Waals surface area contributed by atoms with E-state index in [1.807, 2.05) is 0 Å². The van der Waals surface area contributed by atoms with Gasteiger partial charge < -0.3 is 0 Å². The highest BCUT2D eigenvalue weighted by atomic mass is 14.3. The average molecular weight is 220 g/mol. The molecule has 0 N–H and O–H groups in total. The molecule has 0 atom stereocenters. The van der Waals surface area contributed by atoms with Crippen molar-refractivity contribution in [2.24, 2.45) is 11.8 Å². The summed E-state index contributed by atoms with van der Waals surface area (Å²) in [6.45, 7) is 4.46. The van der Waals surface area contributed by atoms with Crippen LogP contribution in [0.4, 0.5) is 0 Å². The molecule has 2 nitrogen and oxygen atoms in total. The van der Waals surface area contributed by atoms with Gasteiger partial charge >= 0.3 is 0 Å². The molecule has 2 heteroatoms. The normalized spacial score (nSPS) is 23.5. The Bertz CT molecular complexity index is 200. The Hall–Kier alpha value is -1.02. The van der Waals surface area contributed by atoms with Crippen molar-refractivity contribution in [1.29, 1.82) is 10.5 Å². The van der Waals surface area contributed by atoms with E-state index in [2.05, 4.69) is 26.0 Å². The number of nitriles is 2. The molecule has 0 aliphatic heterocycles. The van der Waals surface area contributed by atoms with Gasteiger partial charge in [-0.25, -0.2) is 0 Å². The number of rotatable bonds is 3. The molecule has 0 heterocycles. The molecular weight excluding hydrogens is 196 g/mol. The van der Waals surface area contributed by atoms with E-state index >= 15 is 0 Å². The van der Waals surface area contributed by atoms with Gasteiger partial charge in [0.1, 0.15) is 0 Å². The Morgan fingerprint density at radius 1 is 0.812 bits per heavy atom. The van der Waals surface area contributed by atoms with Crippen molar-refractivity contribution in [3.63, 3.8) is 0 Å². The molecular formula is C14H24N2. The Labute approximate surface area is 100 Å². The number of nitrogens with zero attached hydrogens (tertiary/aromatic N) is 2. The maximum Gasteiger partial charge on any atom is 0.0655 e. The molecule has 1 rings (SSSR count). The van der Waals surface area contributed by atoms with Crippen molar-refractivity contribution < 1.29 is 0 Å². The van der Waals surface area contributed by atoms with Crippen molar-refractivity contribution >= 4 is 0 Å². The van der Waals surface area contributed by atoms with Gasteiger partial charge in [-0.05, 0) is 25.7 Å². The topological polar surface area (TPSA) is 47.6 Å². The van der Waals surface area contributed by atoms with Crippen LogP contribution < -0.4 is 0 Å². The molecule has 1 saturated carbocycles. The van der Waals surface area contributed by atoms with E-state index in [1.165, 1.54) is 25.7 Å². The summed E-state index contributed by atoms with van der Waals surface area (Å²) in [7, 11) is 0. The molecule has 0 spiro atoms. The SMILES string of the molecule is CCCCCC.N#CC1CCC(C#N)CC1. The fraction of sp³-hybridized carbons (Fsp3) is 0.857. The molecule has 0 unspecified atom stereocenters. The molecule has 16 heavy (non-hydrogen) atoms. The summed E-state index contributed by atoms with van der Waals surface area (Å²) in [5, 5.41) is 17.0. The van der Waals surface area contributed by atoms with Crippen molar-refractivity contribution in [3.05, 3.63) is 0 Å². The highest BCUT2D eigenvalue weighted by molar-refractivity contribution is 4.93. The van der Waals surface area contributed by atoms with E-state index in [-0.39, 0.29) is 11.8 Å². The summed E-state index contributed by atoms with van der Waals surface area (Å²) in [6, 6.07) is 4.48. The van der Waals surface area contributed by atoms with E-state index in [9.17, 15) is 0 Å². The van der Waals surface area contributed by atoms with Crippen LogP contribution in [-0.4, -0.2) is 0 Å². The minimum absolute atomic E-state index is 0.226. The van der Waals surface area contributed by atoms with Crippen LogP contribution in [0.25, 0.3) is 0 Å². The summed E-state index contributed by atoms with van der Waals surface area (Å²) >= 11 is 0. The second kappa shape index (κ2) is 10.5. The van der Waals surface area contributed by atoms with Gasteiger partial charge in [0, 0.05) is 11.8 Å². The zero-order valence-corrected chi connectivity index (χ0v) is 10.7. The van der Waals surface area contributed by atoms with Gasteiger partial charge in [-0.15, -0.1) is 0 Å². The molecule has 1 fully saturated rings. The summed E-state index contributed by atoms with van der Waals surface area (Å²) in [4.78, 5) is 0. The van der Waals surface area contributed by atoms with Crippen molar-refractivity contribution in [3.8, 4) is 12.1 Å². The van der Waals surface area contributed by atoms with Gasteiger partial charge in [0.25, 0.3) is 0 Å². The van der Waals surface area contributed by atoms with Crippen molar-refractivity contribution in [2.75, 3.05) is 0 Å². The van der Waals surface area contributed by atoms with Crippen LogP contribution in [-0.2, 0) is 0 Å². The predicted molar refractivity (Wildman–Crippen MR) is 66.5 cm³/mol. The zero-order chi connectivity index (χ0) is 12.2. The van der Waals surface area contributed by atoms with Gasteiger partial charge in [-0.1, -0.05) is 39.5 Å². The van der Waals surface area contributed by atoms with Gasteiger partial charge in [0.15, 0.2) is 0 Å². The van der Waals surface area contributed by atoms with E-state index in [1.54, 1.807) is 0 Å². The van der Waals surface area contributed by atoms with Crippen LogP contribution in [0.1, 0.15) is 65.2 Å². The molecule has 1 aliphatic carbocycles. The lowest BCUT2D eigenvalue weighted by Crippen LogP contribution is -2.11. The first-order valence-electron chi connectivity index (χ1n) is 6.57. The maximum atomic E-state index is 8.52. The van der Waals surface area contributed by atoms with Crippen LogP contribution in [0.15, 0.2) is 0 Å². The first-order chi connectivity index (χ1) is 7.78. The molecule has 0 aromatic carbocycles. The smallest absolute Gasteiger partial charge is 0.0655 e. The van der Waals surface area contributed by atoms with E-state index in [0.717, 1.165) is 25.7 Å². The number of unbranched alkanes of at least 4 members (excludes halogenated alkanes) is 3. The summed E-state index contributed by atoms with van der Waals surface area (Å²) < 4.78 is 0. The molecule has 0 aromatic rings. The zero-order valence-electron chi connectivity index (χ0n) is 10.7. The Balaban J connectivity index is 0.000000325. The van der Waals surface area contributed by atoms with Gasteiger partial charge in [0.05, 0.1) is 12.1 Å². The van der Waals surface area contributed by atoms with Gasteiger partial charge in [-0.3, -0.25) is 0 Å². The van der Waals surface area contributed by atoms with E-state index in [0.29, 0.717) is 0 Å². The molecule has 0 aromatic heterocycles. The fourth-order valence-corrected chi connectivity index (χ4v) is 1.85. The van der Waals surface area contributed by atoms with Gasteiger partial charge in [0.2, 0.25) is 0 Å².